The molecular formula is C86H53BBr2O2. The predicted molar refractivity (Wildman–Crippen MR) is 401 cm³/mol. The molecule has 0 unspecified atom stereocenters. The highest BCUT2D eigenvalue weighted by Gasteiger charge is 2.21. The fourth-order valence-electron chi connectivity index (χ4n) is 14.8. The molecular weight excluding hydrogens is 1240 g/mol. The molecule has 19 rings (SSSR count). The summed E-state index contributed by atoms with van der Waals surface area (Å²) in [5.74, 6) is 0. The molecule has 426 valence electrons. The van der Waals surface area contributed by atoms with Crippen molar-refractivity contribution in [2.24, 2.45) is 0 Å². The number of hydrogen-bond acceptors (Lipinski definition) is 2. The summed E-state index contributed by atoms with van der Waals surface area (Å²) in [6.45, 7) is 0. The van der Waals surface area contributed by atoms with Gasteiger partial charge in [0.2, 0.25) is 0 Å². The van der Waals surface area contributed by atoms with Gasteiger partial charge in [0, 0.05) is 8.95 Å². The zero-order valence-electron chi connectivity index (χ0n) is 49.2. The fourth-order valence-corrected chi connectivity index (χ4v) is 15.5. The third-order valence-electron chi connectivity index (χ3n) is 18.8. The van der Waals surface area contributed by atoms with Crippen LogP contribution in [0.4, 0.5) is 0 Å². The van der Waals surface area contributed by atoms with Crippen LogP contribution in [0, 0.1) is 0 Å². The normalized spacial score (nSPS) is 11.7. The summed E-state index contributed by atoms with van der Waals surface area (Å²) in [6, 6.07) is 111. The van der Waals surface area contributed by atoms with Gasteiger partial charge >= 0.3 is 7.12 Å². The smallest absolute Gasteiger partial charge is 0.423 e. The third-order valence-corrected chi connectivity index (χ3v) is 19.8. The van der Waals surface area contributed by atoms with E-state index in [1.54, 1.807) is 0 Å². The molecule has 0 spiro atoms. The lowest BCUT2D eigenvalue weighted by molar-refractivity contribution is 0.426. The largest absolute Gasteiger partial charge is 0.489 e. The predicted octanol–water partition coefficient (Wildman–Crippen LogP) is 23.7. The minimum absolute atomic E-state index is 0.545. The second kappa shape index (κ2) is 22.4. The zero-order valence-corrected chi connectivity index (χ0v) is 52.3. The lowest BCUT2D eigenvalue weighted by Gasteiger charge is -2.17. The first-order valence-electron chi connectivity index (χ1n) is 30.8. The van der Waals surface area contributed by atoms with E-state index in [9.17, 15) is 10.0 Å². The van der Waals surface area contributed by atoms with Gasteiger partial charge in [-0.05, 0) is 227 Å². The van der Waals surface area contributed by atoms with Crippen molar-refractivity contribution in [3.05, 3.63) is 318 Å². The van der Waals surface area contributed by atoms with Crippen LogP contribution in [0.25, 0.3) is 173 Å². The minimum atomic E-state index is -1.50. The first kappa shape index (κ1) is 54.9. The molecule has 0 saturated carbocycles. The summed E-state index contributed by atoms with van der Waals surface area (Å²) in [4.78, 5) is 0. The van der Waals surface area contributed by atoms with Crippen LogP contribution >= 0.6 is 31.9 Å². The molecule has 0 atom stereocenters. The van der Waals surface area contributed by atoms with E-state index in [1.807, 2.05) is 36.4 Å². The van der Waals surface area contributed by atoms with E-state index >= 15 is 0 Å². The van der Waals surface area contributed by atoms with Gasteiger partial charge in [-0.25, -0.2) is 0 Å². The molecule has 91 heavy (non-hydrogen) atoms. The zero-order chi connectivity index (χ0) is 60.8. The van der Waals surface area contributed by atoms with Crippen LogP contribution < -0.4 is 5.46 Å². The average Bonchev–Trinajstić information content (AvgIpc) is 0.772. The van der Waals surface area contributed by atoms with Crippen LogP contribution in [-0.2, 0) is 0 Å². The highest BCUT2D eigenvalue weighted by Crippen LogP contribution is 2.46. The van der Waals surface area contributed by atoms with Crippen molar-refractivity contribution < 1.29 is 10.0 Å². The van der Waals surface area contributed by atoms with Crippen molar-refractivity contribution in [3.8, 4) is 22.3 Å². The Morgan fingerprint density at radius 2 is 0.429 bits per heavy atom. The van der Waals surface area contributed by atoms with Gasteiger partial charge in [-0.3, -0.25) is 0 Å². The van der Waals surface area contributed by atoms with Gasteiger partial charge in [0.15, 0.2) is 0 Å². The van der Waals surface area contributed by atoms with Crippen LogP contribution in [0.1, 0.15) is 0 Å². The Kier molecular flexibility index (Phi) is 13.5. The molecule has 19 aromatic rings. The van der Waals surface area contributed by atoms with Gasteiger partial charge in [0.25, 0.3) is 0 Å². The number of benzene rings is 19. The van der Waals surface area contributed by atoms with Gasteiger partial charge in [0.1, 0.15) is 0 Å². The molecule has 0 aromatic heterocycles. The molecule has 2 nitrogen and oxygen atoms in total. The minimum Gasteiger partial charge on any atom is -0.423 e. The molecule has 0 saturated heterocycles. The molecule has 0 bridgehead atoms. The summed E-state index contributed by atoms with van der Waals surface area (Å²) >= 11 is 6.88. The first-order valence-corrected chi connectivity index (χ1v) is 32.4. The van der Waals surface area contributed by atoms with Crippen LogP contribution in [0.2, 0.25) is 0 Å². The van der Waals surface area contributed by atoms with Crippen LogP contribution in [0.5, 0.6) is 0 Å². The van der Waals surface area contributed by atoms with Crippen molar-refractivity contribution in [2.45, 2.75) is 0 Å². The van der Waals surface area contributed by atoms with E-state index in [4.69, 9.17) is 0 Å². The molecule has 19 aromatic carbocycles. The summed E-state index contributed by atoms with van der Waals surface area (Å²) in [6.07, 6.45) is 0. The summed E-state index contributed by atoms with van der Waals surface area (Å²) < 4.78 is 2.25. The van der Waals surface area contributed by atoms with Crippen molar-refractivity contribution >= 4 is 195 Å². The molecule has 0 radical (unpaired) electrons. The summed E-state index contributed by atoms with van der Waals surface area (Å²) in [5.41, 5.74) is 5.55. The van der Waals surface area contributed by atoms with Gasteiger partial charge in [-0.2, -0.15) is 0 Å². The van der Waals surface area contributed by atoms with E-state index in [0.29, 0.717) is 5.46 Å². The Morgan fingerprint density at radius 3 is 0.758 bits per heavy atom. The van der Waals surface area contributed by atoms with Gasteiger partial charge in [-0.15, -0.1) is 0 Å². The van der Waals surface area contributed by atoms with Crippen molar-refractivity contribution in [1.29, 1.82) is 0 Å². The topological polar surface area (TPSA) is 40.5 Å². The fraction of sp³-hybridized carbons (Fsp3) is 0. The lowest BCUT2D eigenvalue weighted by Crippen LogP contribution is -2.30. The highest BCUT2D eigenvalue weighted by atomic mass is 79.9. The second-order valence-electron chi connectivity index (χ2n) is 23.8. The van der Waals surface area contributed by atoms with E-state index in [2.05, 4.69) is 305 Å². The molecule has 0 aliphatic heterocycles. The maximum absolute atomic E-state index is 9.92. The third kappa shape index (κ3) is 9.22. The summed E-state index contributed by atoms with van der Waals surface area (Å²) in [5, 5.41) is 54.5. The number of hydrogen-bond donors (Lipinski definition) is 2. The SMILES string of the molecule is Brc1ccc2cc(Br)ccc2c1.OB(O)c1cc2c3ccccc3c3ccccc3c2c2ccccc12.c1ccc2c(c1)c(-c1ccc3cc(-c4cc5c6ccccc6c6ccccc6c5c5ccccc45)ccc3c1)cc1c3ccccc3c3ccccc3c21. The molecule has 5 heteroatoms. The monoisotopic (exact) mass is 1290 g/mol. The molecule has 2 N–H and O–H groups in total. The molecule has 0 aliphatic carbocycles. The number of rotatable bonds is 3. The summed E-state index contributed by atoms with van der Waals surface area (Å²) in [7, 11) is -1.50. The second-order valence-corrected chi connectivity index (χ2v) is 25.6. The van der Waals surface area contributed by atoms with Crippen molar-refractivity contribution in [2.75, 3.05) is 0 Å². The van der Waals surface area contributed by atoms with Crippen LogP contribution in [0.3, 0.4) is 0 Å². The molecule has 0 fully saturated rings. The Hall–Kier alpha value is -10.2. The molecule has 0 amide bonds. The number of halogens is 2. The van der Waals surface area contributed by atoms with E-state index in [-0.39, 0.29) is 0 Å². The van der Waals surface area contributed by atoms with Crippen LogP contribution in [0.15, 0.2) is 318 Å². The van der Waals surface area contributed by atoms with E-state index in [0.717, 1.165) is 35.9 Å². The first-order chi connectivity index (χ1) is 44.8. The quantitative estimate of drug-likeness (QED) is 0.137. The van der Waals surface area contributed by atoms with Gasteiger partial charge in [0.05, 0.1) is 0 Å². The Balaban J connectivity index is 0.000000140. The maximum atomic E-state index is 9.92. The van der Waals surface area contributed by atoms with Gasteiger partial charge in [-0.1, -0.05) is 293 Å². The molecule has 0 aliphatic rings. The Morgan fingerprint density at radius 1 is 0.198 bits per heavy atom. The maximum Gasteiger partial charge on any atom is 0.489 e. The van der Waals surface area contributed by atoms with Gasteiger partial charge < -0.3 is 10.0 Å². The molecule has 0 heterocycles. The Labute approximate surface area is 541 Å². The average molecular weight is 1290 g/mol. The van der Waals surface area contributed by atoms with E-state index < -0.39 is 7.12 Å². The van der Waals surface area contributed by atoms with Crippen LogP contribution in [-0.4, -0.2) is 17.2 Å². The number of fused-ring (bicyclic) bond motifs is 26. The highest BCUT2D eigenvalue weighted by molar-refractivity contribution is 9.10. The lowest BCUT2D eigenvalue weighted by atomic mass is 9.75. The standard InChI is InChI=1S/C54H32.C22H15BO2.C10H6Br2/c1-3-17-41-37(13-1)39-15-5-9-21-45(39)53-47-23-11-7-19-43(47)49(31-51(41)53)35-27-25-34-30-36(28-26-33(34)29-35)50-32-52-42-18-4-2-14-38(42)40-16-6-10-22-46(40)54(52)48-24-12-8-20-44(48)50;24-23(25)21-13-20-16-9-2-1-7-14(16)15-8-3-5-11-18(15)22(20)19-12-6-4-10-17(19)21;11-9-3-1-7-5-10(12)4-2-8(7)6-9/h1-32H;1-13,24-25H;1-6H. The van der Waals surface area contributed by atoms with Crippen molar-refractivity contribution in [3.63, 3.8) is 0 Å². The Bertz CT molecular complexity index is 5950. The van der Waals surface area contributed by atoms with Crippen molar-refractivity contribution in [1.82, 2.24) is 0 Å². The van der Waals surface area contributed by atoms with E-state index in [1.165, 1.54) is 146 Å².